The maximum atomic E-state index is 11.9. The van der Waals surface area contributed by atoms with E-state index in [1.54, 1.807) is 18.3 Å². The molecule has 1 heterocycles. The Labute approximate surface area is 173 Å². The van der Waals surface area contributed by atoms with Gasteiger partial charge in [0.15, 0.2) is 11.5 Å². The normalized spacial score (nSPS) is 10.9. The van der Waals surface area contributed by atoms with E-state index in [1.807, 2.05) is 44.2 Å². The Balaban J connectivity index is 1.81. The van der Waals surface area contributed by atoms with Crippen LogP contribution in [0.3, 0.4) is 0 Å². The Morgan fingerprint density at radius 2 is 1.90 bits per heavy atom. The zero-order valence-corrected chi connectivity index (χ0v) is 16.9. The van der Waals surface area contributed by atoms with Crippen LogP contribution in [0.1, 0.15) is 19.4 Å². The molecule has 0 unspecified atom stereocenters. The fraction of sp³-hybridized carbons (Fsp3) is 0.190. The number of H-pyrrole nitrogens is 1. The van der Waals surface area contributed by atoms with Crippen LogP contribution in [0.5, 0.6) is 11.5 Å². The molecule has 8 heteroatoms. The number of hydrogen-bond donors (Lipinski definition) is 2. The molecule has 0 radical (unpaired) electrons. The fourth-order valence-electron chi connectivity index (χ4n) is 2.65. The number of benzene rings is 2. The summed E-state index contributed by atoms with van der Waals surface area (Å²) in [7, 11) is 0. The van der Waals surface area contributed by atoms with Gasteiger partial charge < -0.3 is 9.47 Å². The van der Waals surface area contributed by atoms with E-state index in [0.717, 1.165) is 5.56 Å². The number of ether oxygens (including phenoxy) is 2. The Kier molecular flexibility index (Phi) is 6.86. The number of nitrogens with zero attached hydrogens (tertiary/aromatic N) is 2. The maximum Gasteiger partial charge on any atom is 0.252 e. The van der Waals surface area contributed by atoms with Crippen molar-refractivity contribution in [2.75, 3.05) is 18.6 Å². The lowest BCUT2D eigenvalue weighted by Gasteiger charge is -2.13. The lowest BCUT2D eigenvalue weighted by Crippen LogP contribution is -2.10. The zero-order chi connectivity index (χ0) is 20.6. The molecule has 0 aliphatic carbocycles. The summed E-state index contributed by atoms with van der Waals surface area (Å²) in [4.78, 5) is 18.9. The summed E-state index contributed by atoms with van der Waals surface area (Å²) in [5.41, 5.74) is 4.56. The highest BCUT2D eigenvalue weighted by molar-refractivity contribution is 6.32. The number of aromatic nitrogens is 2. The standard InChI is InChI=1S/C21H21ClN4O3/c1-3-28-18-11-14(10-16(22)20(18)29-4-2)13-23-26-21-24-17(12-19(27)25-21)15-8-6-5-7-9-15/h5-13H,3-4H2,1-2H3,(H2,24,25,26,27)/b23-13-. The predicted molar refractivity (Wildman–Crippen MR) is 115 cm³/mol. The van der Waals surface area contributed by atoms with E-state index in [-0.39, 0.29) is 11.5 Å². The van der Waals surface area contributed by atoms with Crippen molar-refractivity contribution in [2.24, 2.45) is 5.10 Å². The molecule has 2 aromatic carbocycles. The van der Waals surface area contributed by atoms with Crippen molar-refractivity contribution in [3.05, 3.63) is 69.5 Å². The van der Waals surface area contributed by atoms with Gasteiger partial charge in [-0.05, 0) is 31.5 Å². The summed E-state index contributed by atoms with van der Waals surface area (Å²) >= 11 is 6.31. The molecule has 1 aromatic heterocycles. The Bertz CT molecular complexity index is 1050. The van der Waals surface area contributed by atoms with E-state index in [2.05, 4.69) is 20.5 Å². The maximum absolute atomic E-state index is 11.9. The molecule has 0 atom stereocenters. The molecule has 0 spiro atoms. The van der Waals surface area contributed by atoms with Crippen molar-refractivity contribution < 1.29 is 9.47 Å². The van der Waals surface area contributed by atoms with Crippen LogP contribution < -0.4 is 20.5 Å². The van der Waals surface area contributed by atoms with Gasteiger partial charge in [0.25, 0.3) is 5.56 Å². The third-order valence-corrected chi connectivity index (χ3v) is 4.10. The van der Waals surface area contributed by atoms with Gasteiger partial charge in [-0.3, -0.25) is 9.78 Å². The molecule has 0 saturated carbocycles. The molecule has 29 heavy (non-hydrogen) atoms. The van der Waals surface area contributed by atoms with Crippen LogP contribution >= 0.6 is 11.6 Å². The topological polar surface area (TPSA) is 88.6 Å². The predicted octanol–water partition coefficient (Wildman–Crippen LogP) is 4.33. The second kappa shape index (κ2) is 9.75. The van der Waals surface area contributed by atoms with E-state index in [4.69, 9.17) is 21.1 Å². The molecule has 0 fully saturated rings. The van der Waals surface area contributed by atoms with Gasteiger partial charge in [0.05, 0.1) is 30.1 Å². The summed E-state index contributed by atoms with van der Waals surface area (Å²) < 4.78 is 11.2. The van der Waals surface area contributed by atoms with E-state index in [1.165, 1.54) is 6.07 Å². The third kappa shape index (κ3) is 5.36. The van der Waals surface area contributed by atoms with Crippen molar-refractivity contribution in [1.29, 1.82) is 0 Å². The van der Waals surface area contributed by atoms with Gasteiger partial charge in [0, 0.05) is 11.6 Å². The molecule has 2 N–H and O–H groups in total. The molecule has 7 nitrogen and oxygen atoms in total. The van der Waals surface area contributed by atoms with E-state index in [0.29, 0.717) is 41.0 Å². The number of aromatic amines is 1. The SMILES string of the molecule is CCOc1cc(/C=N\Nc2nc(-c3ccccc3)cc(=O)[nH]2)cc(Cl)c1OCC. The molecule has 0 amide bonds. The molecule has 0 saturated heterocycles. The second-order valence-corrected chi connectivity index (χ2v) is 6.32. The van der Waals surface area contributed by atoms with Crippen molar-refractivity contribution in [1.82, 2.24) is 9.97 Å². The molecule has 0 aliphatic rings. The van der Waals surface area contributed by atoms with E-state index < -0.39 is 0 Å². The van der Waals surface area contributed by atoms with Crippen LogP contribution in [-0.4, -0.2) is 29.4 Å². The van der Waals surface area contributed by atoms with Crippen LogP contribution in [0.15, 0.2) is 58.4 Å². The summed E-state index contributed by atoms with van der Waals surface area (Å²) in [6.07, 6.45) is 1.55. The molecular weight excluding hydrogens is 392 g/mol. The number of hydrogen-bond acceptors (Lipinski definition) is 6. The number of rotatable bonds is 8. The van der Waals surface area contributed by atoms with Crippen LogP contribution in [0.2, 0.25) is 5.02 Å². The monoisotopic (exact) mass is 412 g/mol. The minimum atomic E-state index is -0.278. The first-order chi connectivity index (χ1) is 14.1. The third-order valence-electron chi connectivity index (χ3n) is 3.82. The van der Waals surface area contributed by atoms with Crippen LogP contribution in [0.25, 0.3) is 11.3 Å². The Morgan fingerprint density at radius 3 is 2.62 bits per heavy atom. The molecule has 0 bridgehead atoms. The highest BCUT2D eigenvalue weighted by atomic mass is 35.5. The molecule has 3 rings (SSSR count). The van der Waals surface area contributed by atoms with E-state index in [9.17, 15) is 4.79 Å². The zero-order valence-electron chi connectivity index (χ0n) is 16.1. The first-order valence-electron chi connectivity index (χ1n) is 9.15. The average molecular weight is 413 g/mol. The van der Waals surface area contributed by atoms with Gasteiger partial charge in [-0.15, -0.1) is 0 Å². The molecular formula is C21H21ClN4O3. The van der Waals surface area contributed by atoms with Gasteiger partial charge in [-0.25, -0.2) is 10.4 Å². The van der Waals surface area contributed by atoms with Crippen molar-refractivity contribution in [3.63, 3.8) is 0 Å². The first kappa shape index (κ1) is 20.4. The largest absolute Gasteiger partial charge is 0.490 e. The van der Waals surface area contributed by atoms with Crippen molar-refractivity contribution in [3.8, 4) is 22.8 Å². The quantitative estimate of drug-likeness (QED) is 0.424. The average Bonchev–Trinajstić information content (AvgIpc) is 2.71. The van der Waals surface area contributed by atoms with Gasteiger partial charge in [-0.2, -0.15) is 5.10 Å². The lowest BCUT2D eigenvalue weighted by molar-refractivity contribution is 0.288. The molecule has 3 aromatic rings. The minimum absolute atomic E-state index is 0.231. The van der Waals surface area contributed by atoms with Gasteiger partial charge in [-0.1, -0.05) is 41.9 Å². The van der Waals surface area contributed by atoms with Gasteiger partial charge in [0.2, 0.25) is 5.95 Å². The minimum Gasteiger partial charge on any atom is -0.490 e. The number of hydrazone groups is 1. The highest BCUT2D eigenvalue weighted by Crippen LogP contribution is 2.36. The van der Waals surface area contributed by atoms with Gasteiger partial charge >= 0.3 is 0 Å². The molecule has 150 valence electrons. The first-order valence-corrected chi connectivity index (χ1v) is 9.53. The smallest absolute Gasteiger partial charge is 0.252 e. The van der Waals surface area contributed by atoms with Crippen molar-refractivity contribution >= 4 is 23.8 Å². The van der Waals surface area contributed by atoms with Gasteiger partial charge in [0.1, 0.15) is 0 Å². The number of nitrogens with one attached hydrogen (secondary N) is 2. The fourth-order valence-corrected chi connectivity index (χ4v) is 2.92. The summed E-state index contributed by atoms with van der Waals surface area (Å²) in [5, 5.41) is 4.57. The lowest BCUT2D eigenvalue weighted by atomic mass is 10.1. The number of anilines is 1. The Morgan fingerprint density at radius 1 is 1.14 bits per heavy atom. The van der Waals surface area contributed by atoms with Crippen LogP contribution in [0, 0.1) is 0 Å². The number of halogens is 1. The highest BCUT2D eigenvalue weighted by Gasteiger charge is 2.11. The summed E-state index contributed by atoms with van der Waals surface area (Å²) in [5.74, 6) is 1.28. The van der Waals surface area contributed by atoms with Crippen molar-refractivity contribution in [2.45, 2.75) is 13.8 Å². The van der Waals surface area contributed by atoms with E-state index >= 15 is 0 Å². The molecule has 0 aliphatic heterocycles. The Hall–Kier alpha value is -3.32. The summed E-state index contributed by atoms with van der Waals surface area (Å²) in [6.45, 7) is 4.72. The van der Waals surface area contributed by atoms with Crippen LogP contribution in [0.4, 0.5) is 5.95 Å². The second-order valence-electron chi connectivity index (χ2n) is 5.91. The van der Waals surface area contributed by atoms with Crippen LogP contribution in [-0.2, 0) is 0 Å². The summed E-state index contributed by atoms with van der Waals surface area (Å²) in [6, 6.07) is 14.4.